The van der Waals surface area contributed by atoms with E-state index >= 15 is 0 Å². The molecule has 2 aliphatic heterocycles. The molecule has 1 saturated heterocycles. The normalized spacial score (nSPS) is 19.1. The first-order chi connectivity index (χ1) is 13.7. The first-order valence-corrected chi connectivity index (χ1v) is 10.2. The second-order valence-electron chi connectivity index (χ2n) is 7.13. The monoisotopic (exact) mass is 393 g/mol. The van der Waals surface area contributed by atoms with E-state index in [1.807, 2.05) is 40.6 Å². The Labute approximate surface area is 166 Å². The molecule has 7 nitrogen and oxygen atoms in total. The Bertz CT molecular complexity index is 1010. The van der Waals surface area contributed by atoms with Gasteiger partial charge in [0.1, 0.15) is 0 Å². The number of aromatic nitrogens is 3. The SMILES string of the molecule is O=C(C1CC(=O)N(c2nccs2)C1)N1CCc2[nH]nc(-c3ccccc3)c2C1. The zero-order chi connectivity index (χ0) is 19.1. The molecular formula is C20H19N5O2S. The zero-order valence-electron chi connectivity index (χ0n) is 15.2. The number of carbonyl (C=O) groups is 2. The molecule has 1 atom stereocenters. The summed E-state index contributed by atoms with van der Waals surface area (Å²) in [6.07, 6.45) is 2.68. The van der Waals surface area contributed by atoms with Crippen LogP contribution in [0.2, 0.25) is 0 Å². The number of benzene rings is 1. The lowest BCUT2D eigenvalue weighted by Gasteiger charge is -2.29. The van der Waals surface area contributed by atoms with Gasteiger partial charge in [0.15, 0.2) is 5.13 Å². The van der Waals surface area contributed by atoms with Crippen LogP contribution in [-0.4, -0.2) is 45.0 Å². The number of aromatic amines is 1. The summed E-state index contributed by atoms with van der Waals surface area (Å²) in [5, 5.41) is 10.1. The third-order valence-electron chi connectivity index (χ3n) is 5.42. The molecule has 0 bridgehead atoms. The van der Waals surface area contributed by atoms with Crippen LogP contribution in [0.25, 0.3) is 11.3 Å². The number of nitrogens with zero attached hydrogens (tertiary/aromatic N) is 4. The summed E-state index contributed by atoms with van der Waals surface area (Å²) in [5.41, 5.74) is 4.11. The van der Waals surface area contributed by atoms with Gasteiger partial charge in [-0.15, -0.1) is 11.3 Å². The van der Waals surface area contributed by atoms with Crippen molar-refractivity contribution < 1.29 is 9.59 Å². The predicted molar refractivity (Wildman–Crippen MR) is 106 cm³/mol. The molecule has 0 radical (unpaired) electrons. The van der Waals surface area contributed by atoms with E-state index in [-0.39, 0.29) is 24.2 Å². The van der Waals surface area contributed by atoms with Gasteiger partial charge in [0, 0.05) is 60.9 Å². The Kier molecular flexibility index (Phi) is 4.20. The van der Waals surface area contributed by atoms with Crippen molar-refractivity contribution in [3.8, 4) is 11.3 Å². The standard InChI is InChI=1S/C20H19N5O2S/c26-17-10-14(11-25(17)20-21-7-9-28-20)19(27)24-8-6-16-15(12-24)18(23-22-16)13-4-2-1-3-5-13/h1-5,7,9,14H,6,8,10-12H2,(H,22,23). The number of hydrogen-bond donors (Lipinski definition) is 1. The molecule has 1 fully saturated rings. The molecule has 3 aromatic rings. The van der Waals surface area contributed by atoms with Crippen molar-refractivity contribution >= 4 is 28.3 Å². The molecule has 142 valence electrons. The molecule has 2 aliphatic rings. The fraction of sp³-hybridized carbons (Fsp3) is 0.300. The van der Waals surface area contributed by atoms with Gasteiger partial charge in [-0.25, -0.2) is 4.98 Å². The average Bonchev–Trinajstić information content (AvgIpc) is 3.47. The number of rotatable bonds is 3. The van der Waals surface area contributed by atoms with E-state index in [1.165, 1.54) is 11.3 Å². The molecule has 1 N–H and O–H groups in total. The smallest absolute Gasteiger partial charge is 0.229 e. The molecule has 1 aromatic carbocycles. The third-order valence-corrected chi connectivity index (χ3v) is 6.21. The molecule has 0 saturated carbocycles. The third kappa shape index (κ3) is 2.90. The van der Waals surface area contributed by atoms with Crippen LogP contribution in [0.15, 0.2) is 41.9 Å². The minimum atomic E-state index is -0.315. The predicted octanol–water partition coefficient (Wildman–Crippen LogP) is 2.47. The summed E-state index contributed by atoms with van der Waals surface area (Å²) in [6, 6.07) is 10.0. The average molecular weight is 393 g/mol. The highest BCUT2D eigenvalue weighted by Gasteiger charge is 2.39. The van der Waals surface area contributed by atoms with Crippen molar-refractivity contribution in [3.05, 3.63) is 53.2 Å². The maximum atomic E-state index is 13.1. The number of anilines is 1. The highest BCUT2D eigenvalue weighted by atomic mass is 32.1. The van der Waals surface area contributed by atoms with Crippen molar-refractivity contribution in [2.45, 2.75) is 19.4 Å². The summed E-state index contributed by atoms with van der Waals surface area (Å²) in [6.45, 7) is 1.58. The van der Waals surface area contributed by atoms with E-state index in [1.54, 1.807) is 11.1 Å². The summed E-state index contributed by atoms with van der Waals surface area (Å²) < 4.78 is 0. The van der Waals surface area contributed by atoms with Crippen LogP contribution in [-0.2, 0) is 22.6 Å². The van der Waals surface area contributed by atoms with Crippen LogP contribution >= 0.6 is 11.3 Å². The fourth-order valence-corrected chi connectivity index (χ4v) is 4.65. The summed E-state index contributed by atoms with van der Waals surface area (Å²) in [4.78, 5) is 33.2. The molecule has 28 heavy (non-hydrogen) atoms. The Morgan fingerprint density at radius 2 is 2.11 bits per heavy atom. The van der Waals surface area contributed by atoms with Crippen molar-refractivity contribution in [3.63, 3.8) is 0 Å². The molecule has 2 aromatic heterocycles. The maximum absolute atomic E-state index is 13.1. The zero-order valence-corrected chi connectivity index (χ0v) is 16.0. The van der Waals surface area contributed by atoms with Crippen LogP contribution in [0.1, 0.15) is 17.7 Å². The molecule has 0 spiro atoms. The molecular weight excluding hydrogens is 374 g/mol. The quantitative estimate of drug-likeness (QED) is 0.741. The Morgan fingerprint density at radius 3 is 2.89 bits per heavy atom. The van der Waals surface area contributed by atoms with Gasteiger partial charge in [-0.1, -0.05) is 30.3 Å². The van der Waals surface area contributed by atoms with Crippen LogP contribution in [0.4, 0.5) is 5.13 Å². The van der Waals surface area contributed by atoms with Gasteiger partial charge in [-0.2, -0.15) is 5.10 Å². The van der Waals surface area contributed by atoms with Gasteiger partial charge < -0.3 is 4.90 Å². The number of amides is 2. The van der Waals surface area contributed by atoms with Gasteiger partial charge in [0.05, 0.1) is 11.6 Å². The Morgan fingerprint density at radius 1 is 1.25 bits per heavy atom. The molecule has 8 heteroatoms. The van der Waals surface area contributed by atoms with E-state index in [4.69, 9.17) is 0 Å². The van der Waals surface area contributed by atoms with Gasteiger partial charge in [0.25, 0.3) is 0 Å². The number of nitrogens with one attached hydrogen (secondary N) is 1. The van der Waals surface area contributed by atoms with Crippen LogP contribution < -0.4 is 4.90 Å². The fourth-order valence-electron chi connectivity index (χ4n) is 3.98. The summed E-state index contributed by atoms with van der Waals surface area (Å²) in [7, 11) is 0. The maximum Gasteiger partial charge on any atom is 0.229 e. The van der Waals surface area contributed by atoms with Gasteiger partial charge in [-0.05, 0) is 0 Å². The van der Waals surface area contributed by atoms with Crippen molar-refractivity contribution in [2.24, 2.45) is 5.92 Å². The molecule has 5 rings (SSSR count). The van der Waals surface area contributed by atoms with Crippen molar-refractivity contribution in [1.29, 1.82) is 0 Å². The topological polar surface area (TPSA) is 82.2 Å². The highest BCUT2D eigenvalue weighted by Crippen LogP contribution is 2.31. The lowest BCUT2D eigenvalue weighted by atomic mass is 9.99. The summed E-state index contributed by atoms with van der Waals surface area (Å²) >= 11 is 1.42. The van der Waals surface area contributed by atoms with E-state index < -0.39 is 0 Å². The largest absolute Gasteiger partial charge is 0.338 e. The minimum absolute atomic E-state index is 0.0284. The summed E-state index contributed by atoms with van der Waals surface area (Å²) in [5.74, 6) is -0.303. The van der Waals surface area contributed by atoms with E-state index in [2.05, 4.69) is 15.2 Å². The van der Waals surface area contributed by atoms with Gasteiger partial charge in [0.2, 0.25) is 11.8 Å². The van der Waals surface area contributed by atoms with E-state index in [9.17, 15) is 9.59 Å². The Hall–Kier alpha value is -3.00. The lowest BCUT2D eigenvalue weighted by Crippen LogP contribution is -2.40. The molecule has 4 heterocycles. The number of hydrogen-bond acceptors (Lipinski definition) is 5. The Balaban J connectivity index is 1.35. The van der Waals surface area contributed by atoms with Crippen LogP contribution in [0.3, 0.4) is 0 Å². The molecule has 2 amide bonds. The minimum Gasteiger partial charge on any atom is -0.338 e. The number of thiazole rings is 1. The van der Waals surface area contributed by atoms with E-state index in [0.29, 0.717) is 24.8 Å². The number of H-pyrrole nitrogens is 1. The second kappa shape index (κ2) is 6.87. The van der Waals surface area contributed by atoms with Crippen molar-refractivity contribution in [1.82, 2.24) is 20.1 Å². The van der Waals surface area contributed by atoms with E-state index in [0.717, 1.165) is 28.9 Å². The van der Waals surface area contributed by atoms with Gasteiger partial charge in [-0.3, -0.25) is 19.6 Å². The number of fused-ring (bicyclic) bond motifs is 1. The van der Waals surface area contributed by atoms with Gasteiger partial charge >= 0.3 is 0 Å². The van der Waals surface area contributed by atoms with Crippen LogP contribution in [0.5, 0.6) is 0 Å². The first kappa shape index (κ1) is 17.1. The second-order valence-corrected chi connectivity index (χ2v) is 8.00. The molecule has 1 unspecified atom stereocenters. The number of carbonyl (C=O) groups excluding carboxylic acids is 2. The first-order valence-electron chi connectivity index (χ1n) is 9.31. The van der Waals surface area contributed by atoms with Crippen LogP contribution in [0, 0.1) is 5.92 Å². The lowest BCUT2D eigenvalue weighted by molar-refractivity contribution is -0.136. The van der Waals surface area contributed by atoms with Crippen molar-refractivity contribution in [2.75, 3.05) is 18.0 Å². The highest BCUT2D eigenvalue weighted by molar-refractivity contribution is 7.13. The molecule has 0 aliphatic carbocycles.